The second-order valence-corrected chi connectivity index (χ2v) is 3.20. The third-order valence-electron chi connectivity index (χ3n) is 2.26. The quantitative estimate of drug-likeness (QED) is 0.737. The van der Waals surface area contributed by atoms with Gasteiger partial charge in [-0.15, -0.1) is 0 Å². The van der Waals surface area contributed by atoms with Gasteiger partial charge in [-0.25, -0.2) is 0 Å². The molecule has 1 rings (SSSR count). The summed E-state index contributed by atoms with van der Waals surface area (Å²) in [4.78, 5) is 11.8. The number of nitrogens with zero attached hydrogens (tertiary/aromatic N) is 2. The summed E-state index contributed by atoms with van der Waals surface area (Å²) in [6.45, 7) is 3.97. The van der Waals surface area contributed by atoms with Gasteiger partial charge in [-0.2, -0.15) is 5.26 Å². The molecular formula is C10H13N3O. The average molecular weight is 191 g/mol. The molecule has 0 saturated carbocycles. The first-order valence-corrected chi connectivity index (χ1v) is 4.38. The second kappa shape index (κ2) is 4.07. The Kier molecular flexibility index (Phi) is 3.05. The standard InChI is InChI=1S/C10H13N3O/c1-7-5-8(2)13(4-3-11)10(14)9(7)6-12/h5H,4,6,12H2,1-2H3. The predicted octanol–water partition coefficient (Wildman–Crippen LogP) is 0.447. The van der Waals surface area contributed by atoms with Gasteiger partial charge in [-0.05, 0) is 25.5 Å². The van der Waals surface area contributed by atoms with Crippen LogP contribution < -0.4 is 11.3 Å². The highest BCUT2D eigenvalue weighted by Crippen LogP contribution is 2.05. The van der Waals surface area contributed by atoms with Crippen molar-refractivity contribution in [1.82, 2.24) is 4.57 Å². The normalized spacial score (nSPS) is 9.86. The zero-order chi connectivity index (χ0) is 10.7. The molecule has 0 spiro atoms. The monoisotopic (exact) mass is 191 g/mol. The molecule has 0 bridgehead atoms. The minimum absolute atomic E-state index is 0.0813. The number of hydrogen-bond donors (Lipinski definition) is 1. The minimum Gasteiger partial charge on any atom is -0.326 e. The SMILES string of the molecule is Cc1cc(C)n(CC#N)c(=O)c1CN. The average Bonchev–Trinajstić information content (AvgIpc) is 2.12. The Bertz CT molecular complexity index is 440. The molecule has 0 atom stereocenters. The first-order chi connectivity index (χ1) is 6.61. The van der Waals surface area contributed by atoms with Crippen molar-refractivity contribution in [2.75, 3.05) is 0 Å². The van der Waals surface area contributed by atoms with Crippen molar-refractivity contribution in [3.05, 3.63) is 33.2 Å². The highest BCUT2D eigenvalue weighted by atomic mass is 16.1. The van der Waals surface area contributed by atoms with Crippen LogP contribution in [0.5, 0.6) is 0 Å². The van der Waals surface area contributed by atoms with Crippen LogP contribution in [-0.2, 0) is 13.1 Å². The maximum Gasteiger partial charge on any atom is 0.256 e. The van der Waals surface area contributed by atoms with E-state index in [9.17, 15) is 4.79 Å². The molecule has 74 valence electrons. The topological polar surface area (TPSA) is 71.8 Å². The van der Waals surface area contributed by atoms with E-state index in [2.05, 4.69) is 0 Å². The van der Waals surface area contributed by atoms with Crippen molar-refractivity contribution in [1.29, 1.82) is 5.26 Å². The predicted molar refractivity (Wildman–Crippen MR) is 53.7 cm³/mol. The van der Waals surface area contributed by atoms with E-state index in [4.69, 9.17) is 11.0 Å². The van der Waals surface area contributed by atoms with Crippen LogP contribution >= 0.6 is 0 Å². The van der Waals surface area contributed by atoms with Gasteiger partial charge in [-0.3, -0.25) is 9.36 Å². The van der Waals surface area contributed by atoms with E-state index < -0.39 is 0 Å². The number of pyridine rings is 1. The first-order valence-electron chi connectivity index (χ1n) is 4.38. The molecule has 1 aromatic heterocycles. The van der Waals surface area contributed by atoms with Crippen molar-refractivity contribution in [3.8, 4) is 6.07 Å². The Morgan fingerprint density at radius 3 is 2.71 bits per heavy atom. The largest absolute Gasteiger partial charge is 0.326 e. The van der Waals surface area contributed by atoms with Gasteiger partial charge >= 0.3 is 0 Å². The van der Waals surface area contributed by atoms with Crippen molar-refractivity contribution in [2.24, 2.45) is 5.73 Å². The fourth-order valence-electron chi connectivity index (χ4n) is 1.49. The highest BCUT2D eigenvalue weighted by molar-refractivity contribution is 5.26. The second-order valence-electron chi connectivity index (χ2n) is 3.20. The van der Waals surface area contributed by atoms with Crippen molar-refractivity contribution < 1.29 is 0 Å². The van der Waals surface area contributed by atoms with Crippen LogP contribution in [0.15, 0.2) is 10.9 Å². The molecule has 1 aromatic rings. The molecule has 0 fully saturated rings. The van der Waals surface area contributed by atoms with E-state index in [1.54, 1.807) is 0 Å². The minimum atomic E-state index is -0.147. The summed E-state index contributed by atoms with van der Waals surface area (Å²) in [5, 5.41) is 8.56. The van der Waals surface area contributed by atoms with Crippen molar-refractivity contribution >= 4 is 0 Å². The summed E-state index contributed by atoms with van der Waals surface area (Å²) in [6, 6.07) is 3.83. The van der Waals surface area contributed by atoms with Gasteiger partial charge in [0.1, 0.15) is 6.54 Å². The summed E-state index contributed by atoms with van der Waals surface area (Å²) >= 11 is 0. The highest BCUT2D eigenvalue weighted by Gasteiger charge is 2.07. The summed E-state index contributed by atoms with van der Waals surface area (Å²) in [7, 11) is 0. The lowest BCUT2D eigenvalue weighted by Crippen LogP contribution is -2.28. The number of nitriles is 1. The van der Waals surface area contributed by atoms with Crippen LogP contribution in [0.3, 0.4) is 0 Å². The van der Waals surface area contributed by atoms with Gasteiger partial charge in [-0.1, -0.05) is 0 Å². The maximum atomic E-state index is 11.8. The number of rotatable bonds is 2. The van der Waals surface area contributed by atoms with Gasteiger partial charge < -0.3 is 5.73 Å². The molecule has 14 heavy (non-hydrogen) atoms. The zero-order valence-corrected chi connectivity index (χ0v) is 8.37. The van der Waals surface area contributed by atoms with Crippen LogP contribution in [0, 0.1) is 25.2 Å². The summed E-state index contributed by atoms with van der Waals surface area (Å²) < 4.78 is 1.44. The Hall–Kier alpha value is -1.60. The van der Waals surface area contributed by atoms with E-state index in [-0.39, 0.29) is 18.6 Å². The van der Waals surface area contributed by atoms with Crippen molar-refractivity contribution in [3.63, 3.8) is 0 Å². The maximum absolute atomic E-state index is 11.8. The molecule has 4 heteroatoms. The molecule has 2 N–H and O–H groups in total. The van der Waals surface area contributed by atoms with Gasteiger partial charge in [0.15, 0.2) is 0 Å². The third kappa shape index (κ3) is 1.68. The molecule has 0 aromatic carbocycles. The zero-order valence-electron chi connectivity index (χ0n) is 8.37. The van der Waals surface area contributed by atoms with E-state index in [0.717, 1.165) is 11.3 Å². The third-order valence-corrected chi connectivity index (χ3v) is 2.26. The summed E-state index contributed by atoms with van der Waals surface area (Å²) in [5.41, 5.74) is 7.60. The smallest absolute Gasteiger partial charge is 0.256 e. The van der Waals surface area contributed by atoms with E-state index >= 15 is 0 Å². The molecule has 1 heterocycles. The molecule has 0 unspecified atom stereocenters. The van der Waals surface area contributed by atoms with Gasteiger partial charge in [0.05, 0.1) is 6.07 Å². The fourth-order valence-corrected chi connectivity index (χ4v) is 1.49. The van der Waals surface area contributed by atoms with Gasteiger partial charge in [0, 0.05) is 17.8 Å². The molecule has 0 aliphatic rings. The number of aryl methyl sites for hydroxylation is 2. The molecule has 0 amide bonds. The number of nitrogens with two attached hydrogens (primary N) is 1. The van der Waals surface area contributed by atoms with Crippen LogP contribution in [0.1, 0.15) is 16.8 Å². The lowest BCUT2D eigenvalue weighted by Gasteiger charge is -2.10. The summed E-state index contributed by atoms with van der Waals surface area (Å²) in [5.74, 6) is 0. The van der Waals surface area contributed by atoms with Crippen LogP contribution in [0.25, 0.3) is 0 Å². The molecule has 4 nitrogen and oxygen atoms in total. The Morgan fingerprint density at radius 2 is 2.21 bits per heavy atom. The Balaban J connectivity index is 3.46. The van der Waals surface area contributed by atoms with Crippen LogP contribution in [-0.4, -0.2) is 4.57 Å². The van der Waals surface area contributed by atoms with E-state index in [1.165, 1.54) is 4.57 Å². The molecule has 0 aliphatic carbocycles. The van der Waals surface area contributed by atoms with E-state index in [1.807, 2.05) is 26.0 Å². The van der Waals surface area contributed by atoms with Crippen LogP contribution in [0.4, 0.5) is 0 Å². The lowest BCUT2D eigenvalue weighted by atomic mass is 10.1. The van der Waals surface area contributed by atoms with Gasteiger partial charge in [0.25, 0.3) is 5.56 Å². The Labute approximate surface area is 82.6 Å². The molecule has 0 radical (unpaired) electrons. The van der Waals surface area contributed by atoms with E-state index in [0.29, 0.717) is 5.56 Å². The summed E-state index contributed by atoms with van der Waals surface area (Å²) in [6.07, 6.45) is 0. The number of hydrogen-bond acceptors (Lipinski definition) is 3. The molecular weight excluding hydrogens is 178 g/mol. The van der Waals surface area contributed by atoms with Gasteiger partial charge in [0.2, 0.25) is 0 Å². The molecule has 0 saturated heterocycles. The number of aromatic nitrogens is 1. The van der Waals surface area contributed by atoms with Crippen molar-refractivity contribution in [2.45, 2.75) is 26.9 Å². The first kappa shape index (κ1) is 10.5. The fraction of sp³-hybridized carbons (Fsp3) is 0.400. The lowest BCUT2D eigenvalue weighted by molar-refractivity contribution is 0.735. The van der Waals surface area contributed by atoms with Crippen LogP contribution in [0.2, 0.25) is 0 Å². The Morgan fingerprint density at radius 1 is 1.57 bits per heavy atom. The molecule has 0 aliphatic heterocycles.